The molecule has 2 aromatic carbocycles. The monoisotopic (exact) mass is 354 g/mol. The number of methoxy groups -OCH3 is 3. The van der Waals surface area contributed by atoms with Crippen LogP contribution in [0.1, 0.15) is 21.7 Å². The summed E-state index contributed by atoms with van der Waals surface area (Å²) >= 11 is 0. The average Bonchev–Trinajstić information content (AvgIpc) is 3.08. The number of hydrogen-bond donors (Lipinski definition) is 2. The van der Waals surface area contributed by atoms with Crippen molar-refractivity contribution in [3.63, 3.8) is 0 Å². The van der Waals surface area contributed by atoms with Crippen LogP contribution in [-0.4, -0.2) is 42.4 Å². The predicted molar refractivity (Wildman–Crippen MR) is 98.1 cm³/mol. The van der Waals surface area contributed by atoms with Crippen molar-refractivity contribution in [1.29, 1.82) is 0 Å². The molecule has 1 heterocycles. The molecule has 0 spiro atoms. The third kappa shape index (κ3) is 3.19. The zero-order valence-electron chi connectivity index (χ0n) is 14.6. The lowest BCUT2D eigenvalue weighted by Gasteiger charge is -2.12. The molecule has 0 amide bonds. The topological polar surface area (TPSA) is 93.7 Å². The summed E-state index contributed by atoms with van der Waals surface area (Å²) in [6.45, 7) is 0. The van der Waals surface area contributed by atoms with Crippen molar-refractivity contribution in [1.82, 2.24) is 9.97 Å². The second-order valence-electron chi connectivity index (χ2n) is 5.41. The Kier molecular flexibility index (Phi) is 4.79. The molecule has 0 saturated heterocycles. The highest BCUT2D eigenvalue weighted by Gasteiger charge is 2.13. The number of carbonyl (C=O) groups is 1. The Morgan fingerprint density at radius 1 is 1.08 bits per heavy atom. The van der Waals surface area contributed by atoms with Gasteiger partial charge >= 0.3 is 5.97 Å². The van der Waals surface area contributed by atoms with Crippen molar-refractivity contribution in [3.8, 4) is 17.2 Å². The van der Waals surface area contributed by atoms with Crippen LogP contribution in [0.15, 0.2) is 30.3 Å². The molecule has 0 radical (unpaired) electrons. The van der Waals surface area contributed by atoms with E-state index in [1.54, 1.807) is 57.7 Å². The van der Waals surface area contributed by atoms with E-state index in [0.717, 1.165) is 5.56 Å². The molecule has 2 N–H and O–H groups in total. The molecule has 0 saturated carbocycles. The van der Waals surface area contributed by atoms with Crippen LogP contribution >= 0.6 is 0 Å². The number of carboxylic acids is 1. The van der Waals surface area contributed by atoms with Gasteiger partial charge in [-0.3, -0.25) is 0 Å². The van der Waals surface area contributed by atoms with Gasteiger partial charge in [0, 0.05) is 12.1 Å². The van der Waals surface area contributed by atoms with Crippen LogP contribution in [-0.2, 0) is 0 Å². The molecular weight excluding hydrogens is 336 g/mol. The molecule has 0 aliphatic rings. The molecule has 7 heteroatoms. The van der Waals surface area contributed by atoms with E-state index < -0.39 is 5.97 Å². The Morgan fingerprint density at radius 3 is 2.35 bits per heavy atom. The lowest BCUT2D eigenvalue weighted by molar-refractivity contribution is 0.0699. The number of hydrogen-bond acceptors (Lipinski definition) is 5. The first kappa shape index (κ1) is 17.3. The first-order valence-electron chi connectivity index (χ1n) is 7.77. The summed E-state index contributed by atoms with van der Waals surface area (Å²) in [7, 11) is 4.69. The summed E-state index contributed by atoms with van der Waals surface area (Å²) in [5.41, 5.74) is 1.93. The Labute approximate surface area is 149 Å². The van der Waals surface area contributed by atoms with Crippen molar-refractivity contribution >= 4 is 29.2 Å². The van der Waals surface area contributed by atoms with Crippen LogP contribution in [0.4, 0.5) is 0 Å². The number of aromatic carboxylic acids is 1. The number of imidazole rings is 1. The minimum absolute atomic E-state index is 0.151. The Balaban J connectivity index is 2.04. The molecule has 0 unspecified atom stereocenters. The van der Waals surface area contributed by atoms with Gasteiger partial charge in [0.25, 0.3) is 0 Å². The molecule has 0 bridgehead atoms. The van der Waals surface area contributed by atoms with Gasteiger partial charge in [-0.05, 0) is 24.3 Å². The van der Waals surface area contributed by atoms with E-state index in [-0.39, 0.29) is 5.56 Å². The number of nitrogens with one attached hydrogen (secondary N) is 1. The van der Waals surface area contributed by atoms with E-state index in [1.807, 2.05) is 0 Å². The van der Waals surface area contributed by atoms with Gasteiger partial charge in [0.1, 0.15) is 28.6 Å². The highest BCUT2D eigenvalue weighted by atomic mass is 16.5. The minimum Gasteiger partial charge on any atom is -0.496 e. The maximum absolute atomic E-state index is 11.3. The number of rotatable bonds is 6. The van der Waals surface area contributed by atoms with Crippen LogP contribution in [0.25, 0.3) is 23.2 Å². The summed E-state index contributed by atoms with van der Waals surface area (Å²) in [6, 6.07) is 8.48. The molecule has 3 rings (SSSR count). The number of aromatic nitrogens is 2. The fourth-order valence-corrected chi connectivity index (χ4v) is 2.66. The second kappa shape index (κ2) is 7.18. The van der Waals surface area contributed by atoms with Gasteiger partial charge in [0.05, 0.1) is 38.0 Å². The van der Waals surface area contributed by atoms with Gasteiger partial charge < -0.3 is 24.3 Å². The molecule has 7 nitrogen and oxygen atoms in total. The van der Waals surface area contributed by atoms with Gasteiger partial charge in [-0.2, -0.15) is 0 Å². The van der Waals surface area contributed by atoms with Gasteiger partial charge in [0.15, 0.2) is 0 Å². The van der Waals surface area contributed by atoms with Gasteiger partial charge in [-0.1, -0.05) is 6.07 Å². The molecule has 0 atom stereocenters. The van der Waals surface area contributed by atoms with E-state index in [4.69, 9.17) is 14.2 Å². The van der Waals surface area contributed by atoms with E-state index in [0.29, 0.717) is 34.1 Å². The van der Waals surface area contributed by atoms with Gasteiger partial charge in [-0.25, -0.2) is 9.78 Å². The SMILES string of the molecule is COc1cc(OC)c(/C=C/c2nc3c(C(=O)O)cccc3[nH]2)c(OC)c1. The highest BCUT2D eigenvalue weighted by molar-refractivity contribution is 6.01. The van der Waals surface area contributed by atoms with Crippen molar-refractivity contribution in [3.05, 3.63) is 47.3 Å². The lowest BCUT2D eigenvalue weighted by atomic mass is 10.1. The quantitative estimate of drug-likeness (QED) is 0.704. The van der Waals surface area contributed by atoms with Crippen molar-refractivity contribution < 1.29 is 24.1 Å². The number of H-pyrrole nitrogens is 1. The summed E-state index contributed by atoms with van der Waals surface area (Å²) in [5.74, 6) is 1.29. The Hall–Kier alpha value is -3.48. The van der Waals surface area contributed by atoms with E-state index >= 15 is 0 Å². The van der Waals surface area contributed by atoms with Gasteiger partial charge in [-0.15, -0.1) is 0 Å². The number of fused-ring (bicyclic) bond motifs is 1. The largest absolute Gasteiger partial charge is 0.496 e. The predicted octanol–water partition coefficient (Wildman–Crippen LogP) is 3.46. The molecule has 0 aliphatic heterocycles. The Bertz CT molecular complexity index is 966. The maximum Gasteiger partial charge on any atom is 0.337 e. The fourth-order valence-electron chi connectivity index (χ4n) is 2.66. The first-order chi connectivity index (χ1) is 12.6. The van der Waals surface area contributed by atoms with Crippen LogP contribution < -0.4 is 14.2 Å². The molecule has 1 aromatic heterocycles. The lowest BCUT2D eigenvalue weighted by Crippen LogP contribution is -1.96. The summed E-state index contributed by atoms with van der Waals surface area (Å²) < 4.78 is 16.1. The van der Waals surface area contributed by atoms with E-state index in [9.17, 15) is 9.90 Å². The number of nitrogens with zero attached hydrogens (tertiary/aromatic N) is 1. The molecule has 26 heavy (non-hydrogen) atoms. The van der Waals surface area contributed by atoms with Crippen molar-refractivity contribution in [2.75, 3.05) is 21.3 Å². The minimum atomic E-state index is -1.02. The zero-order valence-corrected chi connectivity index (χ0v) is 14.6. The number of aromatic amines is 1. The number of benzene rings is 2. The third-order valence-electron chi connectivity index (χ3n) is 3.92. The van der Waals surface area contributed by atoms with E-state index in [1.165, 1.54) is 6.07 Å². The molecule has 134 valence electrons. The van der Waals surface area contributed by atoms with Crippen LogP contribution in [0, 0.1) is 0 Å². The van der Waals surface area contributed by atoms with Gasteiger partial charge in [0.2, 0.25) is 0 Å². The molecule has 3 aromatic rings. The third-order valence-corrected chi connectivity index (χ3v) is 3.92. The molecular formula is C19H18N2O5. The number of carboxylic acid groups (broad SMARTS) is 1. The number of para-hydroxylation sites is 1. The highest BCUT2D eigenvalue weighted by Crippen LogP contribution is 2.35. The summed E-state index contributed by atoms with van der Waals surface area (Å²) in [6.07, 6.45) is 3.52. The standard InChI is InChI=1S/C19H18N2O5/c1-24-11-9-15(25-2)12(16(10-11)26-3)7-8-17-20-14-6-4-5-13(19(22)23)18(14)21-17/h4-10H,1-3H3,(H,20,21)(H,22,23)/b8-7+. The smallest absolute Gasteiger partial charge is 0.337 e. The van der Waals surface area contributed by atoms with Crippen LogP contribution in [0.2, 0.25) is 0 Å². The summed E-state index contributed by atoms with van der Waals surface area (Å²) in [4.78, 5) is 18.8. The molecule has 0 fully saturated rings. The first-order valence-corrected chi connectivity index (χ1v) is 7.77. The van der Waals surface area contributed by atoms with Crippen molar-refractivity contribution in [2.45, 2.75) is 0 Å². The zero-order chi connectivity index (χ0) is 18.7. The fraction of sp³-hybridized carbons (Fsp3) is 0.158. The van der Waals surface area contributed by atoms with E-state index in [2.05, 4.69) is 9.97 Å². The maximum atomic E-state index is 11.3. The van der Waals surface area contributed by atoms with Crippen LogP contribution in [0.3, 0.4) is 0 Å². The molecule has 0 aliphatic carbocycles. The van der Waals surface area contributed by atoms with Crippen LogP contribution in [0.5, 0.6) is 17.2 Å². The number of ether oxygens (including phenoxy) is 3. The van der Waals surface area contributed by atoms with Crippen molar-refractivity contribution in [2.24, 2.45) is 0 Å². The second-order valence-corrected chi connectivity index (χ2v) is 5.41. The summed E-state index contributed by atoms with van der Waals surface area (Å²) in [5, 5.41) is 9.27. The normalized spacial score (nSPS) is 11.0. The average molecular weight is 354 g/mol. The Morgan fingerprint density at radius 2 is 1.77 bits per heavy atom.